The summed E-state index contributed by atoms with van der Waals surface area (Å²) in [5, 5.41) is 14.0. The second kappa shape index (κ2) is 7.19. The van der Waals surface area contributed by atoms with Crippen molar-refractivity contribution in [2.75, 3.05) is 5.32 Å². The quantitative estimate of drug-likeness (QED) is 0.594. The molecule has 0 fully saturated rings. The maximum Gasteiger partial charge on any atom is 0.261 e. The predicted molar refractivity (Wildman–Crippen MR) is 93.0 cm³/mol. The number of carbonyl (C=O) groups excluding carboxylic acids is 1. The summed E-state index contributed by atoms with van der Waals surface area (Å²) >= 11 is 0. The van der Waals surface area contributed by atoms with Crippen molar-refractivity contribution in [2.24, 2.45) is 0 Å². The second-order valence-electron chi connectivity index (χ2n) is 5.12. The van der Waals surface area contributed by atoms with Crippen LogP contribution < -0.4 is 10.0 Å². The number of benzene rings is 1. The summed E-state index contributed by atoms with van der Waals surface area (Å²) in [6, 6.07) is 16.3. The topological polar surface area (TPSA) is 68.9 Å². The molecule has 1 aromatic carbocycles. The van der Waals surface area contributed by atoms with Gasteiger partial charge in [0.05, 0.1) is 5.69 Å². The third-order valence-electron chi connectivity index (χ3n) is 3.32. The zero-order valence-corrected chi connectivity index (χ0v) is 12.8. The number of nitrogens with one attached hydrogen (secondary N) is 1. The maximum atomic E-state index is 12.2. The van der Waals surface area contributed by atoms with E-state index in [1.807, 2.05) is 48.6 Å². The van der Waals surface area contributed by atoms with Crippen LogP contribution in [0.5, 0.6) is 0 Å². The molecule has 0 bridgehead atoms. The fraction of sp³-hybridized carbons (Fsp3) is 0. The van der Waals surface area contributed by atoms with E-state index in [0.29, 0.717) is 16.0 Å². The zero-order chi connectivity index (χ0) is 16.8. The summed E-state index contributed by atoms with van der Waals surface area (Å²) in [4.78, 5) is 16.4. The maximum absolute atomic E-state index is 12.2. The molecule has 0 atom stereocenters. The van der Waals surface area contributed by atoms with Gasteiger partial charge in [0.2, 0.25) is 0 Å². The van der Waals surface area contributed by atoms with Crippen LogP contribution in [0.4, 0.5) is 5.69 Å². The molecule has 0 aliphatic heterocycles. The molecule has 5 nitrogen and oxygen atoms in total. The molecule has 3 rings (SSSR count). The van der Waals surface area contributed by atoms with Gasteiger partial charge >= 0.3 is 0 Å². The van der Waals surface area contributed by atoms with Crippen molar-refractivity contribution in [1.82, 2.24) is 4.98 Å². The van der Waals surface area contributed by atoms with Crippen molar-refractivity contribution in [1.29, 1.82) is 0 Å². The van der Waals surface area contributed by atoms with Crippen molar-refractivity contribution in [3.63, 3.8) is 0 Å². The number of amides is 1. The zero-order valence-electron chi connectivity index (χ0n) is 12.8. The summed E-state index contributed by atoms with van der Waals surface area (Å²) in [6.07, 6.45) is 8.13. The molecular formula is C19H15N3O2. The van der Waals surface area contributed by atoms with Gasteiger partial charge in [-0.05, 0) is 42.0 Å². The smallest absolute Gasteiger partial charge is 0.261 e. The standard InChI is InChI=1S/C19H15N3O2/c23-19(16-6-4-12-22(24)14-16)21-18-8-3-5-15(13-18)9-10-17-7-1-2-11-20-17/h1-14H,(H,21,23)/b10-9+. The summed E-state index contributed by atoms with van der Waals surface area (Å²) in [6.45, 7) is 0. The minimum Gasteiger partial charge on any atom is -0.619 e. The van der Waals surface area contributed by atoms with Gasteiger partial charge in [0.25, 0.3) is 5.91 Å². The van der Waals surface area contributed by atoms with Crippen LogP contribution in [-0.4, -0.2) is 10.9 Å². The monoisotopic (exact) mass is 317 g/mol. The molecule has 0 saturated carbocycles. The first-order valence-corrected chi connectivity index (χ1v) is 7.40. The van der Waals surface area contributed by atoms with E-state index in [-0.39, 0.29) is 5.91 Å². The average Bonchev–Trinajstić information content (AvgIpc) is 2.61. The van der Waals surface area contributed by atoms with E-state index >= 15 is 0 Å². The molecule has 3 aromatic rings. The normalized spacial score (nSPS) is 10.7. The summed E-state index contributed by atoms with van der Waals surface area (Å²) in [7, 11) is 0. The number of hydrogen-bond donors (Lipinski definition) is 1. The third-order valence-corrected chi connectivity index (χ3v) is 3.32. The number of nitrogens with zero attached hydrogens (tertiary/aromatic N) is 2. The first-order chi connectivity index (χ1) is 11.7. The van der Waals surface area contributed by atoms with E-state index in [1.54, 1.807) is 18.3 Å². The Labute approximate surface area is 139 Å². The molecule has 2 heterocycles. The van der Waals surface area contributed by atoms with Crippen molar-refractivity contribution in [2.45, 2.75) is 0 Å². The van der Waals surface area contributed by atoms with Gasteiger partial charge in [-0.1, -0.05) is 24.3 Å². The molecule has 1 N–H and O–H groups in total. The minimum atomic E-state index is -0.328. The Bertz CT molecular complexity index is 877. The SMILES string of the molecule is O=C(Nc1cccc(/C=C/c2ccccn2)c1)c1ccc[n+]([O-])c1. The lowest BCUT2D eigenvalue weighted by atomic mass is 10.1. The Morgan fingerprint density at radius 1 is 1.08 bits per heavy atom. The number of carbonyl (C=O) groups is 1. The third kappa shape index (κ3) is 4.04. The molecule has 24 heavy (non-hydrogen) atoms. The Hall–Kier alpha value is -3.47. The van der Waals surface area contributed by atoms with Crippen LogP contribution in [0.2, 0.25) is 0 Å². The minimum absolute atomic E-state index is 0.307. The number of hydrogen-bond acceptors (Lipinski definition) is 3. The van der Waals surface area contributed by atoms with Gasteiger partial charge in [-0.2, -0.15) is 4.73 Å². The van der Waals surface area contributed by atoms with Gasteiger partial charge in [0, 0.05) is 18.0 Å². The largest absolute Gasteiger partial charge is 0.619 e. The molecule has 0 aliphatic carbocycles. The predicted octanol–water partition coefficient (Wildman–Crippen LogP) is 3.14. The molecule has 0 unspecified atom stereocenters. The Morgan fingerprint density at radius 3 is 2.79 bits per heavy atom. The lowest BCUT2D eigenvalue weighted by molar-refractivity contribution is -0.605. The van der Waals surface area contributed by atoms with Crippen LogP contribution in [0.25, 0.3) is 12.2 Å². The van der Waals surface area contributed by atoms with E-state index in [2.05, 4.69) is 10.3 Å². The molecule has 0 spiro atoms. The highest BCUT2D eigenvalue weighted by atomic mass is 16.5. The van der Waals surface area contributed by atoms with Crippen molar-refractivity contribution in [3.05, 3.63) is 95.2 Å². The highest BCUT2D eigenvalue weighted by Gasteiger charge is 2.08. The molecule has 118 valence electrons. The lowest BCUT2D eigenvalue weighted by Gasteiger charge is -2.06. The second-order valence-corrected chi connectivity index (χ2v) is 5.12. The Balaban J connectivity index is 1.73. The van der Waals surface area contributed by atoms with Crippen molar-refractivity contribution < 1.29 is 9.52 Å². The fourth-order valence-electron chi connectivity index (χ4n) is 2.17. The number of rotatable bonds is 4. The molecule has 0 radical (unpaired) electrons. The van der Waals surface area contributed by atoms with E-state index < -0.39 is 0 Å². The summed E-state index contributed by atoms with van der Waals surface area (Å²) < 4.78 is 0.598. The van der Waals surface area contributed by atoms with Gasteiger partial charge in [-0.15, -0.1) is 0 Å². The highest BCUT2D eigenvalue weighted by molar-refractivity contribution is 6.04. The van der Waals surface area contributed by atoms with Crippen LogP contribution in [0.3, 0.4) is 0 Å². The summed E-state index contributed by atoms with van der Waals surface area (Å²) in [5.74, 6) is -0.328. The lowest BCUT2D eigenvalue weighted by Crippen LogP contribution is -2.27. The molecular weight excluding hydrogens is 302 g/mol. The number of aromatic nitrogens is 2. The van der Waals surface area contributed by atoms with Gasteiger partial charge in [-0.25, -0.2) is 0 Å². The summed E-state index contributed by atoms with van der Waals surface area (Å²) in [5.41, 5.74) is 2.76. The van der Waals surface area contributed by atoms with Crippen molar-refractivity contribution >= 4 is 23.7 Å². The van der Waals surface area contributed by atoms with Gasteiger partial charge < -0.3 is 10.5 Å². The number of pyridine rings is 2. The number of anilines is 1. The Kier molecular flexibility index (Phi) is 4.62. The average molecular weight is 317 g/mol. The van der Waals surface area contributed by atoms with Crippen molar-refractivity contribution in [3.8, 4) is 0 Å². The van der Waals surface area contributed by atoms with Gasteiger partial charge in [-0.3, -0.25) is 9.78 Å². The highest BCUT2D eigenvalue weighted by Crippen LogP contribution is 2.14. The van der Waals surface area contributed by atoms with Crippen LogP contribution >= 0.6 is 0 Å². The van der Waals surface area contributed by atoms with Crippen LogP contribution in [0.1, 0.15) is 21.6 Å². The molecule has 2 aromatic heterocycles. The van der Waals surface area contributed by atoms with E-state index in [9.17, 15) is 10.0 Å². The molecule has 5 heteroatoms. The molecule has 0 aliphatic rings. The van der Waals surface area contributed by atoms with E-state index in [0.717, 1.165) is 11.3 Å². The van der Waals surface area contributed by atoms with Crippen LogP contribution in [0, 0.1) is 5.21 Å². The first-order valence-electron chi connectivity index (χ1n) is 7.40. The first kappa shape index (κ1) is 15.4. The van der Waals surface area contributed by atoms with E-state index in [1.165, 1.54) is 18.5 Å². The van der Waals surface area contributed by atoms with E-state index in [4.69, 9.17) is 0 Å². The van der Waals surface area contributed by atoms with Crippen LogP contribution in [-0.2, 0) is 0 Å². The van der Waals surface area contributed by atoms with Crippen LogP contribution in [0.15, 0.2) is 73.2 Å². The van der Waals surface area contributed by atoms with Gasteiger partial charge in [0.1, 0.15) is 5.56 Å². The Morgan fingerprint density at radius 2 is 2.00 bits per heavy atom. The molecule has 0 saturated heterocycles. The molecule has 1 amide bonds. The van der Waals surface area contributed by atoms with Gasteiger partial charge in [0.15, 0.2) is 12.4 Å². The fourth-order valence-corrected chi connectivity index (χ4v) is 2.17.